The number of nitrogens with zero attached hydrogens (tertiary/aromatic N) is 3. The highest BCUT2D eigenvalue weighted by Crippen LogP contribution is 2.21. The molecule has 2 aromatic heterocycles. The summed E-state index contributed by atoms with van der Waals surface area (Å²) in [6.07, 6.45) is 3.97. The predicted octanol–water partition coefficient (Wildman–Crippen LogP) is 1.17. The molecule has 8 heteroatoms. The molecule has 1 amide bonds. The van der Waals surface area contributed by atoms with Crippen LogP contribution < -0.4 is 10.1 Å². The molecule has 0 unspecified atom stereocenters. The average molecular weight is 293 g/mol. The van der Waals surface area contributed by atoms with E-state index in [9.17, 15) is 4.79 Å². The molecule has 20 heavy (non-hydrogen) atoms. The van der Waals surface area contributed by atoms with Crippen molar-refractivity contribution in [3.8, 4) is 5.88 Å². The third-order valence-corrected chi connectivity index (χ3v) is 3.55. The molecule has 3 rings (SSSR count). The van der Waals surface area contributed by atoms with Crippen molar-refractivity contribution in [1.29, 1.82) is 0 Å². The highest BCUT2D eigenvalue weighted by atomic mass is 32.1. The van der Waals surface area contributed by atoms with Crippen LogP contribution in [-0.4, -0.2) is 38.6 Å². The molecule has 2 heterocycles. The number of nitrogens with one attached hydrogen (secondary N) is 2. The van der Waals surface area contributed by atoms with Gasteiger partial charge in [0, 0.05) is 19.0 Å². The van der Waals surface area contributed by atoms with E-state index in [0.717, 1.165) is 12.8 Å². The third kappa shape index (κ3) is 2.51. The molecular formula is C12H15N5O2S. The standard InChI is InChI=1S/C12H15N5O2S/c1-19-11-9-10(13-6-14-11)17(12(20)16-9)5-4-8(18)15-7-2-3-7/h6-7H,2-5H2,1H3,(H,15,18)(H,16,20). The third-order valence-electron chi connectivity index (χ3n) is 3.22. The first-order valence-corrected chi connectivity index (χ1v) is 6.86. The van der Waals surface area contributed by atoms with E-state index in [1.54, 1.807) is 11.7 Å². The van der Waals surface area contributed by atoms with Gasteiger partial charge in [0.2, 0.25) is 11.8 Å². The van der Waals surface area contributed by atoms with Crippen LogP contribution in [0.4, 0.5) is 0 Å². The largest absolute Gasteiger partial charge is 0.479 e. The van der Waals surface area contributed by atoms with Crippen molar-refractivity contribution in [2.75, 3.05) is 7.11 Å². The van der Waals surface area contributed by atoms with Gasteiger partial charge >= 0.3 is 0 Å². The average Bonchev–Trinajstić information content (AvgIpc) is 3.18. The van der Waals surface area contributed by atoms with E-state index in [4.69, 9.17) is 17.0 Å². The molecule has 1 fully saturated rings. The summed E-state index contributed by atoms with van der Waals surface area (Å²) >= 11 is 5.26. The summed E-state index contributed by atoms with van der Waals surface area (Å²) in [4.78, 5) is 23.0. The fourth-order valence-electron chi connectivity index (χ4n) is 2.05. The second-order valence-corrected chi connectivity index (χ2v) is 5.14. The SMILES string of the molecule is COc1ncnc2c1[nH]c(=S)n2CCC(=O)NC1CC1. The predicted molar refractivity (Wildman–Crippen MR) is 75.0 cm³/mol. The Morgan fingerprint density at radius 3 is 3.10 bits per heavy atom. The van der Waals surface area contributed by atoms with Crippen molar-refractivity contribution in [3.05, 3.63) is 11.1 Å². The summed E-state index contributed by atoms with van der Waals surface area (Å²) in [5.41, 5.74) is 1.31. The molecule has 1 aliphatic rings. The lowest BCUT2D eigenvalue weighted by Crippen LogP contribution is -2.26. The summed E-state index contributed by atoms with van der Waals surface area (Å²) in [7, 11) is 1.54. The Morgan fingerprint density at radius 1 is 1.60 bits per heavy atom. The topological polar surface area (TPSA) is 84.8 Å². The number of amides is 1. The van der Waals surface area contributed by atoms with E-state index in [0.29, 0.717) is 40.8 Å². The van der Waals surface area contributed by atoms with Crippen molar-refractivity contribution in [2.45, 2.75) is 31.8 Å². The first-order valence-electron chi connectivity index (χ1n) is 6.46. The molecular weight excluding hydrogens is 278 g/mol. The molecule has 106 valence electrons. The van der Waals surface area contributed by atoms with Gasteiger partial charge in [0.05, 0.1) is 7.11 Å². The Hall–Kier alpha value is -1.96. The number of methoxy groups -OCH3 is 1. The van der Waals surface area contributed by atoms with Gasteiger partial charge in [0.1, 0.15) is 11.8 Å². The number of imidazole rings is 1. The molecule has 2 aromatic rings. The van der Waals surface area contributed by atoms with E-state index in [1.807, 2.05) is 0 Å². The Balaban J connectivity index is 1.81. The van der Waals surface area contributed by atoms with Gasteiger partial charge in [-0.3, -0.25) is 4.79 Å². The second kappa shape index (κ2) is 5.20. The van der Waals surface area contributed by atoms with Crippen LogP contribution >= 0.6 is 12.2 Å². The summed E-state index contributed by atoms with van der Waals surface area (Å²) in [5.74, 6) is 0.493. The van der Waals surface area contributed by atoms with Gasteiger partial charge in [-0.2, -0.15) is 4.98 Å². The first kappa shape index (κ1) is 13.0. The van der Waals surface area contributed by atoms with Crippen LogP contribution in [0.3, 0.4) is 0 Å². The number of aromatic nitrogens is 4. The Labute approximate surface area is 120 Å². The van der Waals surface area contributed by atoms with Crippen LogP contribution in [-0.2, 0) is 11.3 Å². The minimum absolute atomic E-state index is 0.0461. The fourth-order valence-corrected chi connectivity index (χ4v) is 2.33. The van der Waals surface area contributed by atoms with Gasteiger partial charge in [-0.1, -0.05) is 0 Å². The van der Waals surface area contributed by atoms with Crippen molar-refractivity contribution in [3.63, 3.8) is 0 Å². The van der Waals surface area contributed by atoms with Gasteiger partial charge in [0.15, 0.2) is 10.4 Å². The minimum atomic E-state index is 0.0461. The first-order chi connectivity index (χ1) is 9.69. The molecule has 1 aliphatic carbocycles. The minimum Gasteiger partial charge on any atom is -0.479 e. The highest BCUT2D eigenvalue weighted by Gasteiger charge is 2.23. The number of ether oxygens (including phenoxy) is 1. The van der Waals surface area contributed by atoms with Crippen LogP contribution in [0.1, 0.15) is 19.3 Å². The maximum atomic E-state index is 11.7. The summed E-state index contributed by atoms with van der Waals surface area (Å²) in [6, 6.07) is 0.376. The zero-order chi connectivity index (χ0) is 14.1. The van der Waals surface area contributed by atoms with Gasteiger partial charge in [-0.25, -0.2) is 4.98 Å². The maximum Gasteiger partial charge on any atom is 0.242 e. The molecule has 7 nitrogen and oxygen atoms in total. The van der Waals surface area contributed by atoms with Crippen LogP contribution in [0, 0.1) is 4.77 Å². The number of hydrogen-bond acceptors (Lipinski definition) is 5. The number of fused-ring (bicyclic) bond motifs is 1. The molecule has 0 radical (unpaired) electrons. The van der Waals surface area contributed by atoms with Crippen LogP contribution in [0.5, 0.6) is 5.88 Å². The van der Waals surface area contributed by atoms with Gasteiger partial charge in [-0.15, -0.1) is 0 Å². The van der Waals surface area contributed by atoms with E-state index >= 15 is 0 Å². The Morgan fingerprint density at radius 2 is 2.40 bits per heavy atom. The normalized spacial score (nSPS) is 14.4. The lowest BCUT2D eigenvalue weighted by atomic mass is 10.4. The number of aryl methyl sites for hydroxylation is 1. The smallest absolute Gasteiger partial charge is 0.242 e. The lowest BCUT2D eigenvalue weighted by molar-refractivity contribution is -0.121. The summed E-state index contributed by atoms with van der Waals surface area (Å²) < 4.78 is 7.47. The van der Waals surface area contributed by atoms with Crippen LogP contribution in [0.15, 0.2) is 6.33 Å². The van der Waals surface area contributed by atoms with E-state index in [-0.39, 0.29) is 5.91 Å². The number of carbonyl (C=O) groups excluding carboxylic acids is 1. The zero-order valence-corrected chi connectivity index (χ0v) is 11.9. The maximum absolute atomic E-state index is 11.7. The Bertz CT molecular complexity index is 703. The van der Waals surface area contributed by atoms with E-state index in [2.05, 4.69) is 20.3 Å². The Kier molecular flexibility index (Phi) is 3.39. The van der Waals surface area contributed by atoms with E-state index < -0.39 is 0 Å². The molecule has 0 saturated heterocycles. The van der Waals surface area contributed by atoms with Gasteiger partial charge in [-0.05, 0) is 25.1 Å². The van der Waals surface area contributed by atoms with Crippen LogP contribution in [0.2, 0.25) is 0 Å². The monoisotopic (exact) mass is 293 g/mol. The number of hydrogen-bond donors (Lipinski definition) is 2. The number of rotatable bonds is 5. The number of H-pyrrole nitrogens is 1. The van der Waals surface area contributed by atoms with Crippen molar-refractivity contribution in [1.82, 2.24) is 24.8 Å². The molecule has 0 atom stereocenters. The fraction of sp³-hybridized carbons (Fsp3) is 0.500. The molecule has 1 saturated carbocycles. The highest BCUT2D eigenvalue weighted by molar-refractivity contribution is 7.71. The summed E-state index contributed by atoms with van der Waals surface area (Å²) in [6.45, 7) is 0.484. The molecule has 0 aliphatic heterocycles. The van der Waals surface area contributed by atoms with Crippen molar-refractivity contribution >= 4 is 29.3 Å². The second-order valence-electron chi connectivity index (χ2n) is 4.76. The summed E-state index contributed by atoms with van der Waals surface area (Å²) in [5, 5.41) is 2.95. The molecule has 0 spiro atoms. The van der Waals surface area contributed by atoms with Crippen molar-refractivity contribution in [2.24, 2.45) is 0 Å². The van der Waals surface area contributed by atoms with Crippen molar-refractivity contribution < 1.29 is 9.53 Å². The molecule has 0 bridgehead atoms. The van der Waals surface area contributed by atoms with Gasteiger partial charge < -0.3 is 19.6 Å². The molecule has 2 N–H and O–H groups in total. The quantitative estimate of drug-likeness (QED) is 0.808. The van der Waals surface area contributed by atoms with E-state index in [1.165, 1.54) is 6.33 Å². The van der Waals surface area contributed by atoms with Gasteiger partial charge in [0.25, 0.3) is 0 Å². The lowest BCUT2D eigenvalue weighted by Gasteiger charge is -2.05. The number of carbonyl (C=O) groups is 1. The van der Waals surface area contributed by atoms with Crippen LogP contribution in [0.25, 0.3) is 11.2 Å². The number of aromatic amines is 1. The zero-order valence-electron chi connectivity index (χ0n) is 11.0. The molecule has 0 aromatic carbocycles.